The molecule has 0 aromatic heterocycles. The van der Waals surface area contributed by atoms with E-state index in [1.54, 1.807) is 6.92 Å². The lowest BCUT2D eigenvalue weighted by Gasteiger charge is -2.23. The molecule has 7 nitrogen and oxygen atoms in total. The fourth-order valence-electron chi connectivity index (χ4n) is 2.57. The molecule has 154 valence electrons. The van der Waals surface area contributed by atoms with E-state index >= 15 is 0 Å². The number of unbranched alkanes of at least 4 members (excludes halogenated alkanes) is 1. The highest BCUT2D eigenvalue weighted by atomic mass is 16.2. The number of nitrogens with one attached hydrogen (secondary N) is 2. The van der Waals surface area contributed by atoms with Crippen LogP contribution >= 0.6 is 0 Å². The lowest BCUT2D eigenvalue weighted by Crippen LogP contribution is -2.52. The summed E-state index contributed by atoms with van der Waals surface area (Å²) in [6.45, 7) is 8.03. The van der Waals surface area contributed by atoms with Gasteiger partial charge in [0.1, 0.15) is 17.6 Å². The smallest absolute Gasteiger partial charge is 0.243 e. The van der Waals surface area contributed by atoms with Crippen LogP contribution in [0.2, 0.25) is 0 Å². The number of rotatable bonds is 14. The Bertz CT molecular complexity index is 544. The zero-order chi connectivity index (χ0) is 21.0. The highest BCUT2D eigenvalue weighted by Gasteiger charge is 2.26. The molecular formula is C20H34N2O5. The molecule has 0 aromatic rings. The van der Waals surface area contributed by atoms with E-state index in [2.05, 4.69) is 10.6 Å². The second-order valence-corrected chi connectivity index (χ2v) is 7.26. The molecule has 0 radical (unpaired) electrons. The molecule has 0 saturated carbocycles. The van der Waals surface area contributed by atoms with E-state index in [-0.39, 0.29) is 54.9 Å². The minimum absolute atomic E-state index is 0.0679. The summed E-state index contributed by atoms with van der Waals surface area (Å²) < 4.78 is 0. The van der Waals surface area contributed by atoms with Crippen LogP contribution < -0.4 is 10.6 Å². The normalized spacial score (nSPS) is 14.0. The van der Waals surface area contributed by atoms with Crippen LogP contribution in [0.4, 0.5) is 0 Å². The zero-order valence-corrected chi connectivity index (χ0v) is 17.2. The summed E-state index contributed by atoms with van der Waals surface area (Å²) in [6, 6.07) is -1.67. The molecule has 0 aliphatic rings. The van der Waals surface area contributed by atoms with Gasteiger partial charge in [-0.05, 0) is 40.0 Å². The largest absolute Gasteiger partial charge is 0.345 e. The Balaban J connectivity index is 5.04. The number of hydrogen-bond donors (Lipinski definition) is 2. The Hall–Kier alpha value is -2.05. The lowest BCUT2D eigenvalue weighted by atomic mass is 10.0. The van der Waals surface area contributed by atoms with E-state index in [9.17, 15) is 24.0 Å². The molecule has 0 heterocycles. The van der Waals surface area contributed by atoms with Gasteiger partial charge in [-0.25, -0.2) is 0 Å². The molecule has 0 spiro atoms. The number of Topliss-reactive ketones (excluding diaryl/α,β-unsaturated/α-hetero) is 3. The van der Waals surface area contributed by atoms with Gasteiger partial charge < -0.3 is 20.2 Å². The van der Waals surface area contributed by atoms with E-state index in [0.717, 1.165) is 19.3 Å². The van der Waals surface area contributed by atoms with Crippen molar-refractivity contribution in [1.82, 2.24) is 10.6 Å². The Morgan fingerprint density at radius 3 is 1.67 bits per heavy atom. The first-order valence-electron chi connectivity index (χ1n) is 9.68. The fourth-order valence-corrected chi connectivity index (χ4v) is 2.57. The Morgan fingerprint density at radius 2 is 1.22 bits per heavy atom. The molecule has 2 amide bonds. The standard InChI is InChI=1S/C20H34N2O5/c1-6-7-8-13(2)19(26)22-18(12-10-15(4)24)20(27)21-17(16(5)25)11-9-14(3)23/h13,17-18H,6-12H2,1-5H3,(H,21,27)(H,22,26). The summed E-state index contributed by atoms with van der Waals surface area (Å²) in [5.74, 6) is -1.38. The van der Waals surface area contributed by atoms with Crippen LogP contribution in [-0.2, 0) is 24.0 Å². The first-order chi connectivity index (χ1) is 12.6. The molecule has 0 rings (SSSR count). The third-order valence-corrected chi connectivity index (χ3v) is 4.45. The van der Waals surface area contributed by atoms with Gasteiger partial charge in [0.25, 0.3) is 0 Å². The second-order valence-electron chi connectivity index (χ2n) is 7.26. The van der Waals surface area contributed by atoms with Crippen LogP contribution in [0.25, 0.3) is 0 Å². The van der Waals surface area contributed by atoms with Crippen molar-refractivity contribution in [2.45, 2.75) is 91.6 Å². The fraction of sp³-hybridized carbons (Fsp3) is 0.750. The van der Waals surface area contributed by atoms with Crippen LogP contribution in [0.3, 0.4) is 0 Å². The van der Waals surface area contributed by atoms with Crippen molar-refractivity contribution in [3.63, 3.8) is 0 Å². The van der Waals surface area contributed by atoms with Crippen molar-refractivity contribution < 1.29 is 24.0 Å². The molecule has 0 aliphatic carbocycles. The average molecular weight is 383 g/mol. The van der Waals surface area contributed by atoms with Crippen LogP contribution in [-0.4, -0.2) is 41.2 Å². The summed E-state index contributed by atoms with van der Waals surface area (Å²) in [4.78, 5) is 59.2. The molecule has 0 saturated heterocycles. The van der Waals surface area contributed by atoms with Crippen LogP contribution in [0.1, 0.15) is 79.6 Å². The molecule has 27 heavy (non-hydrogen) atoms. The van der Waals surface area contributed by atoms with Gasteiger partial charge in [0.15, 0.2) is 5.78 Å². The van der Waals surface area contributed by atoms with Gasteiger partial charge >= 0.3 is 0 Å². The monoisotopic (exact) mass is 382 g/mol. The maximum atomic E-state index is 12.6. The third-order valence-electron chi connectivity index (χ3n) is 4.45. The maximum Gasteiger partial charge on any atom is 0.243 e. The summed E-state index contributed by atoms with van der Waals surface area (Å²) in [7, 11) is 0. The van der Waals surface area contributed by atoms with Crippen molar-refractivity contribution in [3.8, 4) is 0 Å². The van der Waals surface area contributed by atoms with E-state index in [1.807, 2.05) is 6.92 Å². The highest BCUT2D eigenvalue weighted by Crippen LogP contribution is 2.10. The molecule has 7 heteroatoms. The van der Waals surface area contributed by atoms with Crippen LogP contribution in [0.15, 0.2) is 0 Å². The van der Waals surface area contributed by atoms with E-state index in [0.29, 0.717) is 0 Å². The van der Waals surface area contributed by atoms with E-state index < -0.39 is 18.0 Å². The molecule has 3 atom stereocenters. The Morgan fingerprint density at radius 1 is 0.741 bits per heavy atom. The first kappa shape index (κ1) is 24.9. The number of hydrogen-bond acceptors (Lipinski definition) is 5. The molecular weight excluding hydrogens is 348 g/mol. The summed E-state index contributed by atoms with van der Waals surface area (Å²) in [6.07, 6.45) is 3.33. The van der Waals surface area contributed by atoms with Crippen molar-refractivity contribution >= 4 is 29.2 Å². The second kappa shape index (κ2) is 13.2. The minimum atomic E-state index is -0.885. The molecule has 0 bridgehead atoms. The Kier molecular flexibility index (Phi) is 12.2. The number of ketones is 3. The van der Waals surface area contributed by atoms with Gasteiger partial charge in [0.05, 0.1) is 6.04 Å². The van der Waals surface area contributed by atoms with Crippen molar-refractivity contribution in [3.05, 3.63) is 0 Å². The Labute approximate surface area is 162 Å². The molecule has 3 unspecified atom stereocenters. The van der Waals surface area contributed by atoms with Crippen molar-refractivity contribution in [1.29, 1.82) is 0 Å². The average Bonchev–Trinajstić information content (AvgIpc) is 2.58. The molecule has 0 aromatic carbocycles. The van der Waals surface area contributed by atoms with Gasteiger partial charge in [-0.3, -0.25) is 14.4 Å². The molecule has 2 N–H and O–H groups in total. The lowest BCUT2D eigenvalue weighted by molar-refractivity contribution is -0.133. The summed E-state index contributed by atoms with van der Waals surface area (Å²) in [5.41, 5.74) is 0. The summed E-state index contributed by atoms with van der Waals surface area (Å²) >= 11 is 0. The van der Waals surface area contributed by atoms with Crippen LogP contribution in [0, 0.1) is 5.92 Å². The minimum Gasteiger partial charge on any atom is -0.345 e. The van der Waals surface area contributed by atoms with Crippen LogP contribution in [0.5, 0.6) is 0 Å². The number of carbonyl (C=O) groups excluding carboxylic acids is 5. The number of amides is 2. The highest BCUT2D eigenvalue weighted by molar-refractivity contribution is 5.93. The van der Waals surface area contributed by atoms with Gasteiger partial charge in [0, 0.05) is 18.8 Å². The SMILES string of the molecule is CCCCC(C)C(=O)NC(CCC(C)=O)C(=O)NC(CCC(C)=O)C(C)=O. The molecule has 0 fully saturated rings. The molecule has 0 aliphatic heterocycles. The predicted octanol–water partition coefficient (Wildman–Crippen LogP) is 2.11. The van der Waals surface area contributed by atoms with Crippen molar-refractivity contribution in [2.75, 3.05) is 0 Å². The van der Waals surface area contributed by atoms with E-state index in [1.165, 1.54) is 20.8 Å². The van der Waals surface area contributed by atoms with Gasteiger partial charge in [-0.1, -0.05) is 26.7 Å². The van der Waals surface area contributed by atoms with Gasteiger partial charge in [-0.2, -0.15) is 0 Å². The predicted molar refractivity (Wildman–Crippen MR) is 103 cm³/mol. The zero-order valence-electron chi connectivity index (χ0n) is 17.2. The first-order valence-corrected chi connectivity index (χ1v) is 9.68. The third kappa shape index (κ3) is 11.3. The number of carbonyl (C=O) groups is 5. The quantitative estimate of drug-likeness (QED) is 0.478. The topological polar surface area (TPSA) is 109 Å². The van der Waals surface area contributed by atoms with Crippen molar-refractivity contribution in [2.24, 2.45) is 5.92 Å². The maximum absolute atomic E-state index is 12.6. The summed E-state index contributed by atoms with van der Waals surface area (Å²) in [5, 5.41) is 5.32. The van der Waals surface area contributed by atoms with Gasteiger partial charge in [0.2, 0.25) is 11.8 Å². The van der Waals surface area contributed by atoms with E-state index in [4.69, 9.17) is 0 Å². The van der Waals surface area contributed by atoms with Gasteiger partial charge in [-0.15, -0.1) is 0 Å².